The van der Waals surface area contributed by atoms with Gasteiger partial charge in [-0.05, 0) is 29.2 Å². The third-order valence-corrected chi connectivity index (χ3v) is 5.59. The minimum Gasteiger partial charge on any atom is -0.481 e. The quantitative estimate of drug-likeness (QED) is 0.812. The number of benzene rings is 2. The highest BCUT2D eigenvalue weighted by molar-refractivity contribution is 5.87. The highest BCUT2D eigenvalue weighted by atomic mass is 16.5. The summed E-state index contributed by atoms with van der Waals surface area (Å²) in [5.41, 5.74) is 4.52. The Labute approximate surface area is 168 Å². The number of nitrogens with zero attached hydrogens (tertiary/aromatic N) is 1. The van der Waals surface area contributed by atoms with Gasteiger partial charge in [-0.2, -0.15) is 0 Å². The standard InChI is InChI=1S/C22H22N2O5/c1-13(20(25)24-10-14(11-24)21(26)27)23-22(28)29-12-19-17-8-4-2-6-15(17)16-7-3-5-9-18(16)19/h2-9,13-14,19H,10-12H2,1H3,(H,23,28)(H,26,27)/t13-/m0/s1. The fraction of sp³-hybridized carbons (Fsp3) is 0.318. The van der Waals surface area contributed by atoms with E-state index in [-0.39, 0.29) is 31.5 Å². The molecule has 1 aliphatic carbocycles. The highest BCUT2D eigenvalue weighted by Gasteiger charge is 2.37. The number of carboxylic acid groups (broad SMARTS) is 1. The van der Waals surface area contributed by atoms with Crippen LogP contribution in [0.5, 0.6) is 0 Å². The molecule has 2 N–H and O–H groups in total. The number of rotatable bonds is 5. The molecule has 29 heavy (non-hydrogen) atoms. The van der Waals surface area contributed by atoms with E-state index in [1.54, 1.807) is 6.92 Å². The van der Waals surface area contributed by atoms with Gasteiger partial charge in [-0.1, -0.05) is 48.5 Å². The Morgan fingerprint density at radius 1 is 1.07 bits per heavy atom. The van der Waals surface area contributed by atoms with Crippen molar-refractivity contribution in [2.45, 2.75) is 18.9 Å². The summed E-state index contributed by atoms with van der Waals surface area (Å²) in [6.07, 6.45) is -0.664. The van der Waals surface area contributed by atoms with E-state index >= 15 is 0 Å². The van der Waals surface area contributed by atoms with Gasteiger partial charge in [0.1, 0.15) is 12.6 Å². The number of fused-ring (bicyclic) bond motifs is 3. The number of aliphatic carboxylic acids is 1. The van der Waals surface area contributed by atoms with E-state index in [0.29, 0.717) is 0 Å². The lowest BCUT2D eigenvalue weighted by Gasteiger charge is -2.38. The van der Waals surface area contributed by atoms with E-state index in [1.165, 1.54) is 4.90 Å². The number of carboxylic acids is 1. The Kier molecular flexibility index (Phi) is 4.96. The van der Waals surface area contributed by atoms with E-state index in [2.05, 4.69) is 17.4 Å². The van der Waals surface area contributed by atoms with Gasteiger partial charge in [0.25, 0.3) is 0 Å². The zero-order chi connectivity index (χ0) is 20.5. The minimum absolute atomic E-state index is 0.0501. The SMILES string of the molecule is C[C@H](NC(=O)OCC1c2ccccc2-c2ccccc21)C(=O)N1CC(C(=O)O)C1. The Balaban J connectivity index is 1.34. The Morgan fingerprint density at radius 2 is 1.62 bits per heavy atom. The van der Waals surface area contributed by atoms with Crippen molar-refractivity contribution in [3.05, 3.63) is 59.7 Å². The number of hydrogen-bond donors (Lipinski definition) is 2. The summed E-state index contributed by atoms with van der Waals surface area (Å²) in [5.74, 6) is -1.80. The number of likely N-dealkylation sites (tertiary alicyclic amines) is 1. The number of hydrogen-bond acceptors (Lipinski definition) is 4. The van der Waals surface area contributed by atoms with Crippen LogP contribution < -0.4 is 5.32 Å². The van der Waals surface area contributed by atoms with Crippen LogP contribution in [0.1, 0.15) is 24.0 Å². The molecule has 0 unspecified atom stereocenters. The predicted molar refractivity (Wildman–Crippen MR) is 105 cm³/mol. The number of ether oxygens (including phenoxy) is 1. The van der Waals surface area contributed by atoms with Crippen molar-refractivity contribution in [2.24, 2.45) is 5.92 Å². The summed E-state index contributed by atoms with van der Waals surface area (Å²) in [4.78, 5) is 36.8. The van der Waals surface area contributed by atoms with Crippen LogP contribution in [0.4, 0.5) is 4.79 Å². The number of alkyl carbamates (subject to hydrolysis) is 1. The molecule has 0 radical (unpaired) electrons. The van der Waals surface area contributed by atoms with Crippen LogP contribution in [-0.2, 0) is 14.3 Å². The van der Waals surface area contributed by atoms with Crippen molar-refractivity contribution >= 4 is 18.0 Å². The van der Waals surface area contributed by atoms with E-state index < -0.39 is 24.0 Å². The van der Waals surface area contributed by atoms with Crippen LogP contribution in [0.15, 0.2) is 48.5 Å². The van der Waals surface area contributed by atoms with Crippen LogP contribution in [0, 0.1) is 5.92 Å². The van der Waals surface area contributed by atoms with Crippen molar-refractivity contribution in [3.63, 3.8) is 0 Å². The number of carbonyl (C=O) groups is 3. The molecule has 1 aliphatic heterocycles. The first-order valence-corrected chi connectivity index (χ1v) is 9.59. The second-order valence-electron chi connectivity index (χ2n) is 7.47. The van der Waals surface area contributed by atoms with Gasteiger partial charge in [-0.15, -0.1) is 0 Å². The molecule has 4 rings (SSSR count). The molecule has 2 aliphatic rings. The molecular formula is C22H22N2O5. The molecule has 150 valence electrons. The smallest absolute Gasteiger partial charge is 0.407 e. The summed E-state index contributed by atoms with van der Waals surface area (Å²) >= 11 is 0. The van der Waals surface area contributed by atoms with Crippen molar-refractivity contribution in [3.8, 4) is 11.1 Å². The molecule has 1 fully saturated rings. The molecule has 0 saturated carbocycles. The molecule has 1 saturated heterocycles. The van der Waals surface area contributed by atoms with E-state index in [4.69, 9.17) is 9.84 Å². The average Bonchev–Trinajstić information content (AvgIpc) is 2.98. The van der Waals surface area contributed by atoms with Crippen LogP contribution in [0.25, 0.3) is 11.1 Å². The zero-order valence-corrected chi connectivity index (χ0v) is 16.0. The molecule has 2 amide bonds. The second kappa shape index (κ2) is 7.58. The fourth-order valence-corrected chi connectivity index (χ4v) is 3.97. The maximum Gasteiger partial charge on any atom is 0.407 e. The van der Waals surface area contributed by atoms with Gasteiger partial charge in [-0.3, -0.25) is 9.59 Å². The minimum atomic E-state index is -0.911. The summed E-state index contributed by atoms with van der Waals surface area (Å²) in [6.45, 7) is 2.08. The van der Waals surface area contributed by atoms with Gasteiger partial charge in [0.05, 0.1) is 5.92 Å². The molecule has 7 heteroatoms. The van der Waals surface area contributed by atoms with E-state index in [1.807, 2.05) is 36.4 Å². The van der Waals surface area contributed by atoms with Gasteiger partial charge in [0.15, 0.2) is 0 Å². The molecule has 0 spiro atoms. The maximum atomic E-state index is 12.3. The molecule has 2 aromatic rings. The Morgan fingerprint density at radius 3 is 2.17 bits per heavy atom. The van der Waals surface area contributed by atoms with Crippen molar-refractivity contribution in [1.82, 2.24) is 10.2 Å². The topological polar surface area (TPSA) is 95.9 Å². The van der Waals surface area contributed by atoms with Crippen LogP contribution >= 0.6 is 0 Å². The largest absolute Gasteiger partial charge is 0.481 e. The van der Waals surface area contributed by atoms with Crippen LogP contribution in [0.2, 0.25) is 0 Å². The Hall–Kier alpha value is -3.35. The molecule has 1 atom stereocenters. The fourth-order valence-electron chi connectivity index (χ4n) is 3.97. The average molecular weight is 394 g/mol. The van der Waals surface area contributed by atoms with Gasteiger partial charge in [0, 0.05) is 19.0 Å². The molecule has 1 heterocycles. The van der Waals surface area contributed by atoms with Crippen molar-refractivity contribution < 1.29 is 24.2 Å². The molecule has 0 aromatic heterocycles. The summed E-state index contributed by atoms with van der Waals surface area (Å²) < 4.78 is 5.44. The molecule has 7 nitrogen and oxygen atoms in total. The second-order valence-corrected chi connectivity index (χ2v) is 7.47. The molecule has 2 aromatic carbocycles. The molecule has 0 bridgehead atoms. The van der Waals surface area contributed by atoms with Gasteiger partial charge in [-0.25, -0.2) is 4.79 Å². The van der Waals surface area contributed by atoms with Crippen LogP contribution in [-0.4, -0.2) is 53.7 Å². The first kappa shape index (κ1) is 19.0. The van der Waals surface area contributed by atoms with Crippen molar-refractivity contribution in [1.29, 1.82) is 0 Å². The predicted octanol–water partition coefficient (Wildman–Crippen LogP) is 2.46. The lowest BCUT2D eigenvalue weighted by atomic mass is 9.98. The third-order valence-electron chi connectivity index (χ3n) is 5.59. The number of amides is 2. The normalized spacial score (nSPS) is 16.4. The summed E-state index contributed by atoms with van der Waals surface area (Å²) in [6, 6.07) is 15.3. The van der Waals surface area contributed by atoms with Crippen molar-refractivity contribution in [2.75, 3.05) is 19.7 Å². The van der Waals surface area contributed by atoms with E-state index in [9.17, 15) is 14.4 Å². The monoisotopic (exact) mass is 394 g/mol. The number of carbonyl (C=O) groups excluding carboxylic acids is 2. The zero-order valence-electron chi connectivity index (χ0n) is 16.0. The summed E-state index contributed by atoms with van der Waals surface area (Å²) in [7, 11) is 0. The first-order valence-electron chi connectivity index (χ1n) is 9.59. The lowest BCUT2D eigenvalue weighted by molar-refractivity contribution is -0.153. The maximum absolute atomic E-state index is 12.3. The third kappa shape index (κ3) is 3.55. The Bertz CT molecular complexity index is 922. The summed E-state index contributed by atoms with van der Waals surface area (Å²) in [5, 5.41) is 11.4. The van der Waals surface area contributed by atoms with Gasteiger partial charge >= 0.3 is 12.1 Å². The van der Waals surface area contributed by atoms with Gasteiger partial charge < -0.3 is 20.1 Å². The highest BCUT2D eigenvalue weighted by Crippen LogP contribution is 2.44. The van der Waals surface area contributed by atoms with E-state index in [0.717, 1.165) is 22.3 Å². The van der Waals surface area contributed by atoms with Crippen LogP contribution in [0.3, 0.4) is 0 Å². The molecular weight excluding hydrogens is 372 g/mol. The first-order chi connectivity index (χ1) is 14.0. The van der Waals surface area contributed by atoms with Gasteiger partial charge in [0.2, 0.25) is 5.91 Å². The lowest BCUT2D eigenvalue weighted by Crippen LogP contribution is -2.58. The number of nitrogens with one attached hydrogen (secondary N) is 1.